The van der Waals surface area contributed by atoms with Crippen molar-refractivity contribution in [2.45, 2.75) is 46.6 Å². The van der Waals surface area contributed by atoms with Gasteiger partial charge in [-0.15, -0.1) is 0 Å². The highest BCUT2D eigenvalue weighted by molar-refractivity contribution is 5.94. The number of benzene rings is 1. The summed E-state index contributed by atoms with van der Waals surface area (Å²) in [4.78, 5) is 12.1. The van der Waals surface area contributed by atoms with Gasteiger partial charge in [0, 0.05) is 11.1 Å². The van der Waals surface area contributed by atoms with Crippen LogP contribution in [-0.4, -0.2) is 11.4 Å². The van der Waals surface area contributed by atoms with E-state index >= 15 is 0 Å². The second-order valence-electron chi connectivity index (χ2n) is 5.92. The van der Waals surface area contributed by atoms with Gasteiger partial charge in [0.25, 0.3) is 5.91 Å². The van der Waals surface area contributed by atoms with Crippen molar-refractivity contribution in [3.8, 4) is 0 Å². The van der Waals surface area contributed by atoms with Crippen molar-refractivity contribution in [2.24, 2.45) is 5.92 Å². The zero-order valence-corrected chi connectivity index (χ0v) is 12.7. The maximum Gasteiger partial charge on any atom is 0.251 e. The average Bonchev–Trinajstić information content (AvgIpc) is 2.36. The summed E-state index contributed by atoms with van der Waals surface area (Å²) in [5, 5.41) is 3.03. The highest BCUT2D eigenvalue weighted by atomic mass is 16.1. The molecule has 2 heteroatoms. The van der Waals surface area contributed by atoms with Crippen molar-refractivity contribution >= 4 is 12.0 Å². The monoisotopic (exact) mass is 259 g/mol. The van der Waals surface area contributed by atoms with Crippen LogP contribution in [0.15, 0.2) is 30.3 Å². The molecule has 0 heterocycles. The number of hydrogen-bond donors (Lipinski definition) is 1. The first-order chi connectivity index (χ1) is 8.84. The molecule has 0 aliphatic rings. The molecule has 104 valence electrons. The van der Waals surface area contributed by atoms with Crippen LogP contribution in [0.1, 0.15) is 57.0 Å². The van der Waals surface area contributed by atoms with Gasteiger partial charge in [0.05, 0.1) is 0 Å². The van der Waals surface area contributed by atoms with E-state index in [1.165, 1.54) is 0 Å². The molecule has 2 nitrogen and oxygen atoms in total. The molecule has 0 saturated carbocycles. The van der Waals surface area contributed by atoms with Gasteiger partial charge >= 0.3 is 0 Å². The lowest BCUT2D eigenvalue weighted by atomic mass is 10.0. The third-order valence-corrected chi connectivity index (χ3v) is 3.18. The number of amides is 1. The van der Waals surface area contributed by atoms with Crippen molar-refractivity contribution in [3.05, 3.63) is 41.5 Å². The van der Waals surface area contributed by atoms with Gasteiger partial charge in [0.15, 0.2) is 0 Å². The predicted molar refractivity (Wildman–Crippen MR) is 82.2 cm³/mol. The Morgan fingerprint density at radius 3 is 2.32 bits per heavy atom. The van der Waals surface area contributed by atoms with E-state index in [4.69, 9.17) is 0 Å². The van der Waals surface area contributed by atoms with E-state index in [1.807, 2.05) is 38.1 Å². The summed E-state index contributed by atoms with van der Waals surface area (Å²) >= 11 is 0. The highest BCUT2D eigenvalue weighted by Gasteiger charge is 2.18. The van der Waals surface area contributed by atoms with E-state index in [0.717, 1.165) is 12.0 Å². The van der Waals surface area contributed by atoms with Gasteiger partial charge in [-0.1, -0.05) is 45.1 Å². The van der Waals surface area contributed by atoms with Crippen LogP contribution in [0.25, 0.3) is 6.08 Å². The van der Waals surface area contributed by atoms with Crippen LogP contribution in [0.4, 0.5) is 0 Å². The van der Waals surface area contributed by atoms with Crippen LogP contribution in [0.2, 0.25) is 0 Å². The number of allylic oxidation sites excluding steroid dienone is 1. The van der Waals surface area contributed by atoms with Gasteiger partial charge in [0.1, 0.15) is 0 Å². The fourth-order valence-corrected chi connectivity index (χ4v) is 1.52. The predicted octanol–water partition coefficient (Wildman–Crippen LogP) is 4.27. The Balaban J connectivity index is 2.74. The Labute approximate surface area is 116 Å². The fourth-order valence-electron chi connectivity index (χ4n) is 1.52. The minimum atomic E-state index is -0.159. The summed E-state index contributed by atoms with van der Waals surface area (Å²) in [5.74, 6) is 0.527. The third kappa shape index (κ3) is 5.29. The Morgan fingerprint density at radius 2 is 1.84 bits per heavy atom. The van der Waals surface area contributed by atoms with E-state index in [0.29, 0.717) is 11.5 Å². The van der Waals surface area contributed by atoms with Crippen molar-refractivity contribution in [1.82, 2.24) is 5.32 Å². The Kier molecular flexibility index (Phi) is 5.34. The molecular formula is C17H25NO. The molecule has 0 aliphatic carbocycles. The molecule has 1 aromatic rings. The lowest BCUT2D eigenvalue weighted by molar-refractivity contribution is 0.0911. The van der Waals surface area contributed by atoms with Gasteiger partial charge in [0.2, 0.25) is 0 Å². The summed E-state index contributed by atoms with van der Waals surface area (Å²) in [5.41, 5.74) is 1.68. The molecular weight excluding hydrogens is 234 g/mol. The average molecular weight is 259 g/mol. The molecule has 0 unspecified atom stereocenters. The number of nitrogens with one attached hydrogen (secondary N) is 1. The van der Waals surface area contributed by atoms with Crippen LogP contribution >= 0.6 is 0 Å². The smallest absolute Gasteiger partial charge is 0.251 e. The Hall–Kier alpha value is -1.57. The lowest BCUT2D eigenvalue weighted by Crippen LogP contribution is -2.42. The van der Waals surface area contributed by atoms with Gasteiger partial charge in [-0.25, -0.2) is 0 Å². The maximum atomic E-state index is 12.1. The number of rotatable bonds is 5. The molecule has 1 amide bonds. The number of carbonyl (C=O) groups excluding carboxylic acids is 1. The van der Waals surface area contributed by atoms with Crippen molar-refractivity contribution in [2.75, 3.05) is 0 Å². The Bertz CT molecular complexity index is 441. The van der Waals surface area contributed by atoms with Crippen molar-refractivity contribution in [1.29, 1.82) is 0 Å². The molecule has 0 aliphatic heterocycles. The standard InChI is InChI=1S/C17H25NO/c1-6-17(4,5)18-16(19)15-11-9-14(10-12-15)8-7-13(2)3/h7-13H,6H2,1-5H3,(H,18,19). The van der Waals surface area contributed by atoms with E-state index in [9.17, 15) is 4.79 Å². The summed E-state index contributed by atoms with van der Waals surface area (Å²) in [6.07, 6.45) is 5.14. The van der Waals surface area contributed by atoms with Crippen molar-refractivity contribution < 1.29 is 4.79 Å². The van der Waals surface area contributed by atoms with Crippen molar-refractivity contribution in [3.63, 3.8) is 0 Å². The molecule has 0 radical (unpaired) electrons. The Morgan fingerprint density at radius 1 is 1.26 bits per heavy atom. The first-order valence-electron chi connectivity index (χ1n) is 6.95. The second kappa shape index (κ2) is 6.55. The van der Waals surface area contributed by atoms with Crippen LogP contribution in [0.3, 0.4) is 0 Å². The molecule has 0 spiro atoms. The lowest BCUT2D eigenvalue weighted by Gasteiger charge is -2.24. The van der Waals surface area contributed by atoms with Crippen LogP contribution in [0.5, 0.6) is 0 Å². The third-order valence-electron chi connectivity index (χ3n) is 3.18. The van der Waals surface area contributed by atoms with Crippen LogP contribution in [0, 0.1) is 5.92 Å². The molecule has 0 atom stereocenters. The molecule has 0 aromatic heterocycles. The summed E-state index contributed by atoms with van der Waals surface area (Å²) in [6.45, 7) is 10.4. The van der Waals surface area contributed by atoms with Gasteiger partial charge < -0.3 is 5.32 Å². The minimum Gasteiger partial charge on any atom is -0.347 e. The summed E-state index contributed by atoms with van der Waals surface area (Å²) in [7, 11) is 0. The normalized spacial score (nSPS) is 12.1. The minimum absolute atomic E-state index is 0.00811. The van der Waals surface area contributed by atoms with E-state index in [-0.39, 0.29) is 11.4 Å². The molecule has 1 rings (SSSR count). The van der Waals surface area contributed by atoms with Gasteiger partial charge in [-0.05, 0) is 43.9 Å². The van der Waals surface area contributed by atoms with Gasteiger partial charge in [-0.3, -0.25) is 4.79 Å². The zero-order valence-electron chi connectivity index (χ0n) is 12.7. The number of hydrogen-bond acceptors (Lipinski definition) is 1. The molecule has 0 bridgehead atoms. The fraction of sp³-hybridized carbons (Fsp3) is 0.471. The highest BCUT2D eigenvalue weighted by Crippen LogP contribution is 2.11. The quantitative estimate of drug-likeness (QED) is 0.840. The molecule has 19 heavy (non-hydrogen) atoms. The first-order valence-corrected chi connectivity index (χ1v) is 6.95. The van der Waals surface area contributed by atoms with E-state index < -0.39 is 0 Å². The molecule has 1 aromatic carbocycles. The first kappa shape index (κ1) is 15.5. The maximum absolute atomic E-state index is 12.1. The summed E-state index contributed by atoms with van der Waals surface area (Å²) < 4.78 is 0. The van der Waals surface area contributed by atoms with E-state index in [2.05, 4.69) is 38.2 Å². The largest absolute Gasteiger partial charge is 0.347 e. The SMILES string of the molecule is CCC(C)(C)NC(=O)c1ccc(C=CC(C)C)cc1. The topological polar surface area (TPSA) is 29.1 Å². The number of carbonyl (C=O) groups is 1. The molecule has 0 saturated heterocycles. The van der Waals surface area contributed by atoms with Gasteiger partial charge in [-0.2, -0.15) is 0 Å². The summed E-state index contributed by atoms with van der Waals surface area (Å²) in [6, 6.07) is 7.71. The molecule has 0 fully saturated rings. The van der Waals surface area contributed by atoms with Crippen LogP contribution < -0.4 is 5.32 Å². The second-order valence-corrected chi connectivity index (χ2v) is 5.92. The molecule has 1 N–H and O–H groups in total. The zero-order chi connectivity index (χ0) is 14.5. The van der Waals surface area contributed by atoms with E-state index in [1.54, 1.807) is 0 Å². The van der Waals surface area contributed by atoms with Crippen LogP contribution in [-0.2, 0) is 0 Å².